The smallest absolute Gasteiger partial charge is 0.308 e. The number of methoxy groups -OCH3 is 1. The standard InChI is InChI=1S/C43H47NO15/c1-22(45)52-21-39-40(55-25(4)48)41(56-26(5)49)42(57-27(6)50)43(59-39)58-31-11-8-28(9-12-31)16-35-33-19-32(53-23(2)46)13-10-29(33)17-36-34-20-37(51-7)38(54-24(3)47)18-30(34)14-15-44(35)36/h8-13,18-20,35-36,39-43H,14-17,21H2,1-7H3/t35-,36-,39+,40+,41-,42+,43-/m0/s1. The van der Waals surface area contributed by atoms with Crippen LogP contribution in [0.4, 0.5) is 0 Å². The van der Waals surface area contributed by atoms with Crippen LogP contribution in [0.3, 0.4) is 0 Å². The first-order valence-electron chi connectivity index (χ1n) is 19.1. The highest BCUT2D eigenvalue weighted by molar-refractivity contribution is 5.71. The van der Waals surface area contributed by atoms with Crippen molar-refractivity contribution >= 4 is 35.8 Å². The van der Waals surface area contributed by atoms with Gasteiger partial charge in [0.2, 0.25) is 12.4 Å². The van der Waals surface area contributed by atoms with E-state index in [-0.39, 0.29) is 18.7 Å². The molecule has 3 aromatic carbocycles. The average molecular weight is 818 g/mol. The number of fused-ring (bicyclic) bond motifs is 4. The summed E-state index contributed by atoms with van der Waals surface area (Å²) in [6.45, 7) is 7.65. The summed E-state index contributed by atoms with van der Waals surface area (Å²) in [6, 6.07) is 16.5. The number of rotatable bonds is 12. The molecule has 0 spiro atoms. The fourth-order valence-electron chi connectivity index (χ4n) is 7.98. The lowest BCUT2D eigenvalue weighted by molar-refractivity contribution is -0.288. The molecule has 0 bridgehead atoms. The zero-order chi connectivity index (χ0) is 42.5. The number of ether oxygens (including phenoxy) is 9. The van der Waals surface area contributed by atoms with Crippen LogP contribution in [-0.2, 0) is 71.7 Å². The third-order valence-electron chi connectivity index (χ3n) is 10.2. The largest absolute Gasteiger partial charge is 0.493 e. The van der Waals surface area contributed by atoms with E-state index in [1.165, 1.54) is 27.9 Å². The number of carbonyl (C=O) groups excluding carboxylic acids is 6. The molecule has 314 valence electrons. The van der Waals surface area contributed by atoms with Crippen molar-refractivity contribution < 1.29 is 71.4 Å². The van der Waals surface area contributed by atoms with E-state index in [2.05, 4.69) is 4.90 Å². The van der Waals surface area contributed by atoms with Crippen molar-refractivity contribution in [1.29, 1.82) is 0 Å². The molecule has 0 radical (unpaired) electrons. The molecular formula is C43H47NO15. The molecule has 3 aromatic rings. The molecule has 0 N–H and O–H groups in total. The fourth-order valence-corrected chi connectivity index (χ4v) is 7.98. The quantitative estimate of drug-likeness (QED) is 0.142. The lowest BCUT2D eigenvalue weighted by Gasteiger charge is -2.47. The molecule has 6 rings (SSSR count). The van der Waals surface area contributed by atoms with E-state index in [4.69, 9.17) is 42.6 Å². The summed E-state index contributed by atoms with van der Waals surface area (Å²) in [5.41, 5.74) is 5.17. The van der Waals surface area contributed by atoms with Gasteiger partial charge in [0.15, 0.2) is 23.7 Å². The normalized spacial score (nSPS) is 23.2. The van der Waals surface area contributed by atoms with Gasteiger partial charge in [-0.2, -0.15) is 0 Å². The van der Waals surface area contributed by atoms with Crippen LogP contribution in [0.2, 0.25) is 0 Å². The van der Waals surface area contributed by atoms with Crippen LogP contribution in [0.15, 0.2) is 54.6 Å². The van der Waals surface area contributed by atoms with Crippen molar-refractivity contribution in [2.75, 3.05) is 20.3 Å². The molecular weight excluding hydrogens is 770 g/mol. The molecule has 7 atom stereocenters. The Hall–Kier alpha value is -6.00. The van der Waals surface area contributed by atoms with E-state index in [0.717, 1.165) is 48.6 Å². The molecule has 16 nitrogen and oxygen atoms in total. The van der Waals surface area contributed by atoms with Crippen LogP contribution in [-0.4, -0.2) is 91.7 Å². The predicted octanol–water partition coefficient (Wildman–Crippen LogP) is 4.45. The molecule has 3 aliphatic rings. The summed E-state index contributed by atoms with van der Waals surface area (Å²) in [6.07, 6.45) is -4.73. The number of benzene rings is 3. The first-order chi connectivity index (χ1) is 28.1. The molecule has 1 saturated heterocycles. The Morgan fingerprint density at radius 2 is 1.31 bits per heavy atom. The second-order valence-electron chi connectivity index (χ2n) is 14.5. The Balaban J connectivity index is 1.30. The summed E-state index contributed by atoms with van der Waals surface area (Å²) >= 11 is 0. The maximum Gasteiger partial charge on any atom is 0.308 e. The van der Waals surface area contributed by atoms with Crippen molar-refractivity contribution in [2.45, 2.75) is 104 Å². The predicted molar refractivity (Wildman–Crippen MR) is 204 cm³/mol. The summed E-state index contributed by atoms with van der Waals surface area (Å²) in [5.74, 6) is -2.16. The van der Waals surface area contributed by atoms with Crippen LogP contribution in [0, 0.1) is 0 Å². The highest BCUT2D eigenvalue weighted by Gasteiger charge is 2.53. The Labute approximate surface area is 340 Å². The Kier molecular flexibility index (Phi) is 13.2. The second-order valence-corrected chi connectivity index (χ2v) is 14.5. The molecule has 1 fully saturated rings. The van der Waals surface area contributed by atoms with E-state index >= 15 is 0 Å². The molecule has 3 heterocycles. The number of hydrogen-bond donors (Lipinski definition) is 0. The Bertz CT molecular complexity index is 2100. The number of esters is 6. The van der Waals surface area contributed by atoms with E-state index in [9.17, 15) is 28.8 Å². The minimum absolute atomic E-state index is 0.0405. The molecule has 0 aromatic heterocycles. The Morgan fingerprint density at radius 3 is 1.93 bits per heavy atom. The summed E-state index contributed by atoms with van der Waals surface area (Å²) in [7, 11) is 1.54. The van der Waals surface area contributed by atoms with E-state index < -0.39 is 66.5 Å². The van der Waals surface area contributed by atoms with Gasteiger partial charge in [-0.25, -0.2) is 0 Å². The van der Waals surface area contributed by atoms with Crippen LogP contribution in [0.5, 0.6) is 23.0 Å². The van der Waals surface area contributed by atoms with Gasteiger partial charge in [0.05, 0.1) is 7.11 Å². The summed E-state index contributed by atoms with van der Waals surface area (Å²) in [4.78, 5) is 74.7. The number of hydrogen-bond acceptors (Lipinski definition) is 16. The van der Waals surface area contributed by atoms with Gasteiger partial charge >= 0.3 is 35.8 Å². The maximum atomic E-state index is 12.3. The van der Waals surface area contributed by atoms with Gasteiger partial charge in [-0.05, 0) is 83.5 Å². The van der Waals surface area contributed by atoms with Crippen molar-refractivity contribution in [1.82, 2.24) is 4.90 Å². The van der Waals surface area contributed by atoms with Crippen molar-refractivity contribution in [3.63, 3.8) is 0 Å². The molecule has 16 heteroatoms. The van der Waals surface area contributed by atoms with E-state index in [0.29, 0.717) is 48.8 Å². The number of nitrogens with zero attached hydrogens (tertiary/aromatic N) is 1. The van der Waals surface area contributed by atoms with Gasteiger partial charge < -0.3 is 42.6 Å². The van der Waals surface area contributed by atoms with E-state index in [1.807, 2.05) is 36.4 Å². The van der Waals surface area contributed by atoms with Crippen molar-refractivity contribution in [3.05, 3.63) is 82.4 Å². The van der Waals surface area contributed by atoms with Gasteiger partial charge in [0.1, 0.15) is 24.2 Å². The lowest BCUT2D eigenvalue weighted by atomic mass is 9.79. The van der Waals surface area contributed by atoms with Gasteiger partial charge in [-0.15, -0.1) is 0 Å². The zero-order valence-corrected chi connectivity index (χ0v) is 33.8. The second kappa shape index (κ2) is 18.3. The molecule has 0 aliphatic carbocycles. The zero-order valence-electron chi connectivity index (χ0n) is 33.8. The molecule has 3 aliphatic heterocycles. The fraction of sp³-hybridized carbons (Fsp3) is 0.442. The monoisotopic (exact) mass is 817 g/mol. The van der Waals surface area contributed by atoms with Gasteiger partial charge in [0, 0.05) is 60.2 Å². The highest BCUT2D eigenvalue weighted by atomic mass is 16.7. The molecule has 0 saturated carbocycles. The molecule has 0 unspecified atom stereocenters. The van der Waals surface area contributed by atoms with Crippen molar-refractivity contribution in [3.8, 4) is 23.0 Å². The first-order valence-corrected chi connectivity index (χ1v) is 19.1. The van der Waals surface area contributed by atoms with Gasteiger partial charge in [-0.3, -0.25) is 33.7 Å². The summed E-state index contributed by atoms with van der Waals surface area (Å²) < 4.78 is 50.7. The SMILES string of the molecule is COc1cc2c(cc1OC(C)=O)CCN1[C@@H](Cc3ccc(O[C@H]4O[C@H](COC(C)=O)[C@@H](OC(C)=O)[C@H](OC(C)=O)[C@H]4OC(C)=O)cc3)c3cc(OC(C)=O)ccc3C[C@@H]21. The molecule has 59 heavy (non-hydrogen) atoms. The van der Waals surface area contributed by atoms with Gasteiger partial charge in [0.25, 0.3) is 0 Å². The first kappa shape index (κ1) is 42.6. The van der Waals surface area contributed by atoms with Crippen LogP contribution in [0.25, 0.3) is 0 Å². The van der Waals surface area contributed by atoms with Crippen LogP contribution in [0.1, 0.15) is 81.4 Å². The number of carbonyl (C=O) groups is 6. The minimum Gasteiger partial charge on any atom is -0.493 e. The van der Waals surface area contributed by atoms with Crippen molar-refractivity contribution in [2.24, 2.45) is 0 Å². The highest BCUT2D eigenvalue weighted by Crippen LogP contribution is 2.48. The van der Waals surface area contributed by atoms with Crippen LogP contribution < -0.4 is 18.9 Å². The minimum atomic E-state index is -1.39. The summed E-state index contributed by atoms with van der Waals surface area (Å²) in [5, 5.41) is 0. The Morgan fingerprint density at radius 1 is 0.661 bits per heavy atom. The van der Waals surface area contributed by atoms with E-state index in [1.54, 1.807) is 18.2 Å². The topological polar surface area (TPSA) is 189 Å². The lowest BCUT2D eigenvalue weighted by Crippen LogP contribution is -2.63. The van der Waals surface area contributed by atoms with Crippen LogP contribution >= 0.6 is 0 Å². The third-order valence-corrected chi connectivity index (χ3v) is 10.2. The molecule has 0 amide bonds. The average Bonchev–Trinajstić information content (AvgIpc) is 3.15. The third kappa shape index (κ3) is 10.2. The van der Waals surface area contributed by atoms with Gasteiger partial charge in [-0.1, -0.05) is 18.2 Å². The maximum absolute atomic E-state index is 12.3.